The molecule has 0 saturated heterocycles. The van der Waals surface area contributed by atoms with E-state index in [2.05, 4.69) is 0 Å². The molecule has 3 nitrogen and oxygen atoms in total. The van der Waals surface area contributed by atoms with Gasteiger partial charge in [0, 0.05) is 5.56 Å². The van der Waals surface area contributed by atoms with Crippen molar-refractivity contribution in [1.82, 2.24) is 0 Å². The lowest BCUT2D eigenvalue weighted by Gasteiger charge is -2.29. The van der Waals surface area contributed by atoms with Crippen LogP contribution in [0.5, 0.6) is 5.75 Å². The summed E-state index contributed by atoms with van der Waals surface area (Å²) in [4.78, 5) is 11.4. The summed E-state index contributed by atoms with van der Waals surface area (Å²) < 4.78 is 0. The molecule has 0 amide bonds. The standard InChI is InChI=1S/C16H24O3/c1-9-10(15(2,3)4)8-11(16(5,6)7)13(17)12(9)14(18)19/h8,17H,1-7H3,(H,18,19). The van der Waals surface area contributed by atoms with Crippen molar-refractivity contribution in [3.05, 3.63) is 28.3 Å². The minimum absolute atomic E-state index is 0.0253. The molecule has 0 saturated carbocycles. The molecule has 0 aromatic heterocycles. The number of carboxylic acid groups (broad SMARTS) is 1. The molecule has 0 fully saturated rings. The number of aromatic hydroxyl groups is 1. The largest absolute Gasteiger partial charge is 0.507 e. The third-order valence-corrected chi connectivity index (χ3v) is 3.39. The summed E-state index contributed by atoms with van der Waals surface area (Å²) in [7, 11) is 0. The highest BCUT2D eigenvalue weighted by molar-refractivity contribution is 5.93. The van der Waals surface area contributed by atoms with Crippen molar-refractivity contribution in [2.75, 3.05) is 0 Å². The summed E-state index contributed by atoms with van der Waals surface area (Å²) >= 11 is 0. The van der Waals surface area contributed by atoms with E-state index in [1.54, 1.807) is 6.92 Å². The molecular weight excluding hydrogens is 240 g/mol. The first-order valence-corrected chi connectivity index (χ1v) is 6.48. The smallest absolute Gasteiger partial charge is 0.339 e. The van der Waals surface area contributed by atoms with Gasteiger partial charge in [0.25, 0.3) is 0 Å². The number of hydrogen-bond donors (Lipinski definition) is 2. The van der Waals surface area contributed by atoms with Gasteiger partial charge in [0.2, 0.25) is 0 Å². The molecule has 19 heavy (non-hydrogen) atoms. The molecule has 0 aliphatic heterocycles. The normalized spacial score (nSPS) is 12.6. The van der Waals surface area contributed by atoms with Crippen molar-refractivity contribution in [2.45, 2.75) is 59.3 Å². The maximum Gasteiger partial charge on any atom is 0.339 e. The van der Waals surface area contributed by atoms with Gasteiger partial charge in [-0.25, -0.2) is 4.79 Å². The number of benzene rings is 1. The minimum Gasteiger partial charge on any atom is -0.507 e. The van der Waals surface area contributed by atoms with Crippen LogP contribution in [0.1, 0.15) is 68.6 Å². The minimum atomic E-state index is -1.08. The predicted octanol–water partition coefficient (Wildman–Crippen LogP) is 3.99. The van der Waals surface area contributed by atoms with E-state index in [9.17, 15) is 15.0 Å². The van der Waals surface area contributed by atoms with Crippen LogP contribution in [0.25, 0.3) is 0 Å². The van der Waals surface area contributed by atoms with E-state index in [-0.39, 0.29) is 22.1 Å². The molecule has 0 spiro atoms. The van der Waals surface area contributed by atoms with Crippen molar-refractivity contribution in [1.29, 1.82) is 0 Å². The molecule has 0 aliphatic rings. The summed E-state index contributed by atoms with van der Waals surface area (Å²) in [6.07, 6.45) is 0. The van der Waals surface area contributed by atoms with Crippen molar-refractivity contribution >= 4 is 5.97 Å². The second kappa shape index (κ2) is 4.55. The van der Waals surface area contributed by atoms with Crippen LogP contribution in [0.4, 0.5) is 0 Å². The highest BCUT2D eigenvalue weighted by Gasteiger charge is 2.29. The molecule has 0 heterocycles. The topological polar surface area (TPSA) is 57.5 Å². The Hall–Kier alpha value is -1.51. The van der Waals surface area contributed by atoms with Gasteiger partial charge in [-0.15, -0.1) is 0 Å². The third kappa shape index (κ3) is 2.91. The number of carboxylic acids is 1. The second-order valence-electron chi connectivity index (χ2n) is 7.13. The molecule has 1 rings (SSSR count). The van der Waals surface area contributed by atoms with E-state index < -0.39 is 5.97 Å². The predicted molar refractivity (Wildman–Crippen MR) is 77.2 cm³/mol. The zero-order valence-electron chi connectivity index (χ0n) is 12.9. The fourth-order valence-electron chi connectivity index (χ4n) is 2.38. The van der Waals surface area contributed by atoms with Crippen LogP contribution in [-0.4, -0.2) is 16.2 Å². The lowest BCUT2D eigenvalue weighted by atomic mass is 9.76. The molecule has 2 N–H and O–H groups in total. The first-order chi connectivity index (χ1) is 8.37. The molecule has 1 aromatic carbocycles. The monoisotopic (exact) mass is 264 g/mol. The molecule has 1 aromatic rings. The van der Waals surface area contributed by atoms with Crippen LogP contribution in [0.2, 0.25) is 0 Å². The fraction of sp³-hybridized carbons (Fsp3) is 0.562. The number of carbonyl (C=O) groups is 1. The van der Waals surface area contributed by atoms with Crippen LogP contribution in [0.3, 0.4) is 0 Å². The Morgan fingerprint density at radius 1 is 1.00 bits per heavy atom. The summed E-state index contributed by atoms with van der Waals surface area (Å²) in [5, 5.41) is 19.7. The van der Waals surface area contributed by atoms with E-state index in [1.165, 1.54) is 0 Å². The Kier molecular flexibility index (Phi) is 3.72. The van der Waals surface area contributed by atoms with E-state index >= 15 is 0 Å². The Labute approximate surface area is 115 Å². The van der Waals surface area contributed by atoms with Crippen LogP contribution in [0.15, 0.2) is 6.07 Å². The van der Waals surface area contributed by atoms with E-state index in [1.807, 2.05) is 47.6 Å². The van der Waals surface area contributed by atoms with Crippen molar-refractivity contribution in [3.63, 3.8) is 0 Å². The molecule has 3 heteroatoms. The molecule has 106 valence electrons. The Balaban J connectivity index is 3.81. The zero-order chi connectivity index (χ0) is 15.2. The van der Waals surface area contributed by atoms with E-state index in [0.717, 1.165) is 5.56 Å². The first kappa shape index (κ1) is 15.5. The molecule has 0 unspecified atom stereocenters. The lowest BCUT2D eigenvalue weighted by Crippen LogP contribution is -2.20. The maximum absolute atomic E-state index is 11.4. The molecule has 0 aliphatic carbocycles. The highest BCUT2D eigenvalue weighted by Crippen LogP contribution is 2.40. The number of aromatic carboxylic acids is 1. The van der Waals surface area contributed by atoms with Crippen molar-refractivity contribution < 1.29 is 15.0 Å². The average molecular weight is 264 g/mol. The van der Waals surface area contributed by atoms with Crippen molar-refractivity contribution in [2.24, 2.45) is 0 Å². The van der Waals surface area contributed by atoms with Crippen molar-refractivity contribution in [3.8, 4) is 5.75 Å². The fourth-order valence-corrected chi connectivity index (χ4v) is 2.38. The van der Waals surface area contributed by atoms with E-state index in [0.29, 0.717) is 11.1 Å². The second-order valence-corrected chi connectivity index (χ2v) is 7.13. The van der Waals surface area contributed by atoms with E-state index in [4.69, 9.17) is 0 Å². The quantitative estimate of drug-likeness (QED) is 0.806. The SMILES string of the molecule is Cc1c(C(C)(C)C)cc(C(C)(C)C)c(O)c1C(=O)O. The summed E-state index contributed by atoms with van der Waals surface area (Å²) in [5.74, 6) is -1.18. The van der Waals surface area contributed by atoms with Crippen LogP contribution in [0, 0.1) is 6.92 Å². The Bertz CT molecular complexity index is 476. The third-order valence-electron chi connectivity index (χ3n) is 3.39. The van der Waals surface area contributed by atoms with Gasteiger partial charge in [-0.2, -0.15) is 0 Å². The summed E-state index contributed by atoms with van der Waals surface area (Å²) in [5.41, 5.74) is 1.85. The van der Waals surface area contributed by atoms with Gasteiger partial charge in [0.15, 0.2) is 0 Å². The number of rotatable bonds is 1. The summed E-state index contributed by atoms with van der Waals surface area (Å²) in [6, 6.07) is 1.94. The van der Waals surface area contributed by atoms with Gasteiger partial charge < -0.3 is 10.2 Å². The van der Waals surface area contributed by atoms with Crippen LogP contribution in [-0.2, 0) is 10.8 Å². The van der Waals surface area contributed by atoms with Gasteiger partial charge in [0.1, 0.15) is 11.3 Å². The summed E-state index contributed by atoms with van der Waals surface area (Å²) in [6.45, 7) is 13.8. The average Bonchev–Trinajstić information content (AvgIpc) is 2.12. The lowest BCUT2D eigenvalue weighted by molar-refractivity contribution is 0.0692. The Morgan fingerprint density at radius 3 is 1.74 bits per heavy atom. The van der Waals surface area contributed by atoms with Gasteiger partial charge in [-0.05, 0) is 28.9 Å². The highest BCUT2D eigenvalue weighted by atomic mass is 16.4. The van der Waals surface area contributed by atoms with Gasteiger partial charge in [-0.1, -0.05) is 47.6 Å². The maximum atomic E-state index is 11.4. The zero-order valence-corrected chi connectivity index (χ0v) is 12.9. The van der Waals surface area contributed by atoms with Gasteiger partial charge in [0.05, 0.1) is 0 Å². The Morgan fingerprint density at radius 2 is 1.42 bits per heavy atom. The van der Waals surface area contributed by atoms with Gasteiger partial charge >= 0.3 is 5.97 Å². The van der Waals surface area contributed by atoms with Crippen LogP contribution >= 0.6 is 0 Å². The van der Waals surface area contributed by atoms with Crippen LogP contribution < -0.4 is 0 Å². The molecule has 0 atom stereocenters. The molecule has 0 bridgehead atoms. The molecule has 0 radical (unpaired) electrons. The molecular formula is C16H24O3. The number of hydrogen-bond acceptors (Lipinski definition) is 2. The number of phenols is 1. The first-order valence-electron chi connectivity index (χ1n) is 6.48. The van der Waals surface area contributed by atoms with Gasteiger partial charge in [-0.3, -0.25) is 0 Å².